The van der Waals surface area contributed by atoms with Gasteiger partial charge >= 0.3 is 0 Å². The average Bonchev–Trinajstić information content (AvgIpc) is 2.86. The van der Waals surface area contributed by atoms with Crippen molar-refractivity contribution in [1.82, 2.24) is 0 Å². The smallest absolute Gasteiger partial charge is 0.154 e. The lowest BCUT2D eigenvalue weighted by Gasteiger charge is -2.19. The lowest BCUT2D eigenvalue weighted by Crippen LogP contribution is -2.34. The molecule has 20 heavy (non-hydrogen) atoms. The van der Waals surface area contributed by atoms with Crippen molar-refractivity contribution in [2.75, 3.05) is 0 Å². The van der Waals surface area contributed by atoms with Crippen molar-refractivity contribution in [3.05, 3.63) is 34.2 Å². The minimum absolute atomic E-state index is 0.334. The van der Waals surface area contributed by atoms with Crippen LogP contribution in [0.2, 0.25) is 5.02 Å². The van der Waals surface area contributed by atoms with Crippen LogP contribution in [-0.4, -0.2) is 5.54 Å². The molecule has 0 aliphatic rings. The van der Waals surface area contributed by atoms with Crippen molar-refractivity contribution in [2.24, 2.45) is 5.73 Å². The number of hydrogen-bond donors (Lipinski definition) is 1. The topological polar surface area (TPSA) is 52.3 Å². The lowest BCUT2D eigenvalue weighted by molar-refractivity contribution is 0.510. The Hall–Kier alpha value is -1.45. The molecule has 0 spiro atoms. The van der Waals surface area contributed by atoms with Crippen LogP contribution in [-0.2, 0) is 6.42 Å². The minimum atomic E-state index is -0.334. The fraction of sp³-hybridized carbons (Fsp3) is 0.375. The molecule has 0 aliphatic carbocycles. The maximum Gasteiger partial charge on any atom is 0.154 e. The van der Waals surface area contributed by atoms with Crippen LogP contribution < -0.4 is 5.73 Å². The predicted octanol–water partition coefficient (Wildman–Crippen LogP) is 4.73. The third-order valence-electron chi connectivity index (χ3n) is 3.38. The molecule has 0 amide bonds. The molecule has 2 heterocycles. The Morgan fingerprint density at radius 1 is 1.05 bits per heavy atom. The molecule has 2 aromatic heterocycles. The van der Waals surface area contributed by atoms with E-state index in [0.29, 0.717) is 11.4 Å². The van der Waals surface area contributed by atoms with E-state index >= 15 is 0 Å². The highest BCUT2D eigenvalue weighted by Gasteiger charge is 2.23. The highest BCUT2D eigenvalue weighted by molar-refractivity contribution is 6.40. The first kappa shape index (κ1) is 13.5. The van der Waals surface area contributed by atoms with Crippen molar-refractivity contribution in [1.29, 1.82) is 0 Å². The van der Waals surface area contributed by atoms with Gasteiger partial charge in [-0.1, -0.05) is 11.6 Å². The van der Waals surface area contributed by atoms with Crippen LogP contribution in [0.1, 0.15) is 30.9 Å². The third-order valence-corrected chi connectivity index (χ3v) is 3.75. The zero-order chi connectivity index (χ0) is 14.7. The molecule has 3 rings (SSSR count). The van der Waals surface area contributed by atoms with Crippen LogP contribution in [0.25, 0.3) is 21.9 Å². The highest BCUT2D eigenvalue weighted by Crippen LogP contribution is 2.40. The molecule has 0 bridgehead atoms. The molecule has 0 aliphatic heterocycles. The van der Waals surface area contributed by atoms with Gasteiger partial charge in [0.05, 0.1) is 5.02 Å². The number of nitrogens with two attached hydrogens (primary N) is 1. The summed E-state index contributed by atoms with van der Waals surface area (Å²) in [5, 5.41) is 2.50. The van der Waals surface area contributed by atoms with E-state index in [2.05, 4.69) is 0 Å². The standard InChI is InChI=1S/C16H18ClNO2/c1-8-5-10-12(7-16(3,4)18)14-11(6-9(2)19-14)13(17)15(10)20-8/h5-6H,7,18H2,1-4H3. The monoisotopic (exact) mass is 291 g/mol. The molecule has 3 nitrogen and oxygen atoms in total. The SMILES string of the molecule is Cc1cc2c(CC(C)(C)N)c3oc(C)cc3c(Cl)c2o1. The number of hydrogen-bond acceptors (Lipinski definition) is 3. The Labute approximate surface area is 122 Å². The van der Waals surface area contributed by atoms with E-state index in [4.69, 9.17) is 26.2 Å². The Morgan fingerprint density at radius 3 is 2.20 bits per heavy atom. The number of fused-ring (bicyclic) bond motifs is 2. The summed E-state index contributed by atoms with van der Waals surface area (Å²) >= 11 is 6.46. The minimum Gasteiger partial charge on any atom is -0.461 e. The summed E-state index contributed by atoms with van der Waals surface area (Å²) in [7, 11) is 0. The maximum absolute atomic E-state index is 6.46. The molecule has 0 saturated carbocycles. The lowest BCUT2D eigenvalue weighted by atomic mass is 9.93. The van der Waals surface area contributed by atoms with Gasteiger partial charge in [-0.05, 0) is 46.2 Å². The normalized spacial score (nSPS) is 12.7. The molecular formula is C16H18ClNO2. The van der Waals surface area contributed by atoms with Crippen LogP contribution in [0.15, 0.2) is 21.0 Å². The molecule has 0 fully saturated rings. The molecule has 0 unspecified atom stereocenters. The van der Waals surface area contributed by atoms with Crippen LogP contribution in [0, 0.1) is 13.8 Å². The summed E-state index contributed by atoms with van der Waals surface area (Å²) in [5.41, 5.74) is 8.47. The number of aryl methyl sites for hydroxylation is 2. The van der Waals surface area contributed by atoms with E-state index in [-0.39, 0.29) is 5.54 Å². The van der Waals surface area contributed by atoms with Crippen molar-refractivity contribution in [2.45, 2.75) is 39.7 Å². The van der Waals surface area contributed by atoms with Crippen LogP contribution >= 0.6 is 11.6 Å². The largest absolute Gasteiger partial charge is 0.461 e. The molecule has 1 aromatic carbocycles. The van der Waals surface area contributed by atoms with E-state index in [9.17, 15) is 0 Å². The van der Waals surface area contributed by atoms with Crippen molar-refractivity contribution in [3.8, 4) is 0 Å². The van der Waals surface area contributed by atoms with Crippen LogP contribution in [0.5, 0.6) is 0 Å². The van der Waals surface area contributed by atoms with Gasteiger partial charge in [0.25, 0.3) is 0 Å². The molecule has 2 N–H and O–H groups in total. The predicted molar refractivity (Wildman–Crippen MR) is 82.4 cm³/mol. The van der Waals surface area contributed by atoms with Gasteiger partial charge < -0.3 is 14.6 Å². The van der Waals surface area contributed by atoms with Crippen molar-refractivity contribution in [3.63, 3.8) is 0 Å². The summed E-state index contributed by atoms with van der Waals surface area (Å²) < 4.78 is 11.6. The van der Waals surface area contributed by atoms with Gasteiger partial charge in [-0.15, -0.1) is 0 Å². The Morgan fingerprint density at radius 2 is 1.60 bits per heavy atom. The highest BCUT2D eigenvalue weighted by atomic mass is 35.5. The first-order valence-electron chi connectivity index (χ1n) is 6.66. The number of benzene rings is 1. The Kier molecular flexibility index (Phi) is 2.89. The summed E-state index contributed by atoms with van der Waals surface area (Å²) in [6.07, 6.45) is 0.698. The maximum atomic E-state index is 6.46. The van der Waals surface area contributed by atoms with Gasteiger partial charge in [0, 0.05) is 21.9 Å². The van der Waals surface area contributed by atoms with Gasteiger partial charge in [-0.3, -0.25) is 0 Å². The van der Waals surface area contributed by atoms with Gasteiger partial charge in [0.1, 0.15) is 17.1 Å². The number of furan rings is 2. The summed E-state index contributed by atoms with van der Waals surface area (Å²) in [6, 6.07) is 3.95. The second kappa shape index (κ2) is 4.27. The van der Waals surface area contributed by atoms with E-state index in [0.717, 1.165) is 39.0 Å². The molecule has 4 heteroatoms. The van der Waals surface area contributed by atoms with Gasteiger partial charge in [0.2, 0.25) is 0 Å². The molecule has 3 aromatic rings. The first-order valence-corrected chi connectivity index (χ1v) is 7.03. The zero-order valence-corrected chi connectivity index (χ0v) is 12.9. The van der Waals surface area contributed by atoms with Crippen molar-refractivity contribution < 1.29 is 8.83 Å². The molecular weight excluding hydrogens is 274 g/mol. The second-order valence-electron chi connectivity index (χ2n) is 6.16. The van der Waals surface area contributed by atoms with Crippen LogP contribution in [0.4, 0.5) is 0 Å². The van der Waals surface area contributed by atoms with Gasteiger partial charge in [-0.25, -0.2) is 0 Å². The summed E-state index contributed by atoms with van der Waals surface area (Å²) in [4.78, 5) is 0. The molecule has 0 atom stereocenters. The first-order chi connectivity index (χ1) is 9.26. The molecule has 0 radical (unpaired) electrons. The summed E-state index contributed by atoms with van der Waals surface area (Å²) in [6.45, 7) is 7.84. The zero-order valence-electron chi connectivity index (χ0n) is 12.1. The van der Waals surface area contributed by atoms with E-state index in [1.54, 1.807) is 0 Å². The van der Waals surface area contributed by atoms with E-state index < -0.39 is 0 Å². The van der Waals surface area contributed by atoms with E-state index in [1.807, 2.05) is 39.8 Å². The molecule has 0 saturated heterocycles. The van der Waals surface area contributed by atoms with Gasteiger partial charge in [0.15, 0.2) is 5.58 Å². The fourth-order valence-electron chi connectivity index (χ4n) is 2.68. The summed E-state index contributed by atoms with van der Waals surface area (Å²) in [5.74, 6) is 1.67. The number of halogens is 1. The quantitative estimate of drug-likeness (QED) is 0.742. The van der Waals surface area contributed by atoms with E-state index in [1.165, 1.54) is 0 Å². The average molecular weight is 292 g/mol. The van der Waals surface area contributed by atoms with Gasteiger partial charge in [-0.2, -0.15) is 0 Å². The number of rotatable bonds is 2. The van der Waals surface area contributed by atoms with Crippen LogP contribution in [0.3, 0.4) is 0 Å². The van der Waals surface area contributed by atoms with Crippen molar-refractivity contribution >= 4 is 33.5 Å². The second-order valence-corrected chi connectivity index (χ2v) is 6.54. The Balaban J connectivity index is 2.44. The Bertz CT molecular complexity index is 748. The fourth-order valence-corrected chi connectivity index (χ4v) is 2.96. The third kappa shape index (κ3) is 2.11. The molecule has 106 valence electrons.